The minimum atomic E-state index is -0.292. The van der Waals surface area contributed by atoms with Gasteiger partial charge < -0.3 is 10.1 Å². The van der Waals surface area contributed by atoms with Gasteiger partial charge in [-0.2, -0.15) is 0 Å². The molecule has 0 spiro atoms. The van der Waals surface area contributed by atoms with Gasteiger partial charge in [0.1, 0.15) is 12.3 Å². The van der Waals surface area contributed by atoms with Gasteiger partial charge in [-0.05, 0) is 30.2 Å². The highest BCUT2D eigenvalue weighted by molar-refractivity contribution is 6.30. The first-order valence-corrected chi connectivity index (χ1v) is 9.15. The maximum atomic E-state index is 12.3. The Morgan fingerprint density at radius 1 is 1.18 bits per heavy atom. The summed E-state index contributed by atoms with van der Waals surface area (Å²) < 4.78 is 6.57. The van der Waals surface area contributed by atoms with E-state index in [1.807, 2.05) is 24.3 Å². The molecule has 0 aliphatic heterocycles. The monoisotopic (exact) mass is 397 g/mol. The van der Waals surface area contributed by atoms with Crippen molar-refractivity contribution >= 4 is 17.5 Å². The highest BCUT2D eigenvalue weighted by atomic mass is 35.5. The maximum absolute atomic E-state index is 12.3. The van der Waals surface area contributed by atoms with E-state index < -0.39 is 0 Å². The Kier molecular flexibility index (Phi) is 6.45. The molecule has 0 fully saturated rings. The van der Waals surface area contributed by atoms with Crippen molar-refractivity contribution in [1.29, 1.82) is 0 Å². The Morgan fingerprint density at radius 3 is 2.64 bits per heavy atom. The van der Waals surface area contributed by atoms with Crippen LogP contribution >= 0.6 is 11.6 Å². The number of ether oxygens (including phenoxy) is 1. The summed E-state index contributed by atoms with van der Waals surface area (Å²) in [5, 5.41) is 3.43. The second-order valence-electron chi connectivity index (χ2n) is 6.16. The van der Waals surface area contributed by atoms with E-state index in [1.54, 1.807) is 31.4 Å². The molecule has 0 bridgehead atoms. The van der Waals surface area contributed by atoms with Crippen molar-refractivity contribution in [2.24, 2.45) is 0 Å². The van der Waals surface area contributed by atoms with Gasteiger partial charge in [0.15, 0.2) is 0 Å². The zero-order chi connectivity index (χ0) is 19.9. The number of rotatable bonds is 7. The van der Waals surface area contributed by atoms with Crippen LogP contribution in [0.15, 0.2) is 65.7 Å². The first-order valence-electron chi connectivity index (χ1n) is 8.78. The van der Waals surface area contributed by atoms with Crippen molar-refractivity contribution in [3.05, 3.63) is 81.9 Å². The van der Waals surface area contributed by atoms with Crippen molar-refractivity contribution in [2.45, 2.75) is 13.0 Å². The topological polar surface area (TPSA) is 73.2 Å². The van der Waals surface area contributed by atoms with Gasteiger partial charge in [0.05, 0.1) is 19.1 Å². The van der Waals surface area contributed by atoms with Crippen LogP contribution < -0.4 is 15.6 Å². The van der Waals surface area contributed by atoms with E-state index in [0.29, 0.717) is 23.7 Å². The normalized spacial score (nSPS) is 10.5. The van der Waals surface area contributed by atoms with Gasteiger partial charge in [-0.1, -0.05) is 41.9 Å². The van der Waals surface area contributed by atoms with E-state index in [9.17, 15) is 9.59 Å². The number of nitrogens with one attached hydrogen (secondary N) is 1. The van der Waals surface area contributed by atoms with Crippen LogP contribution in [0.25, 0.3) is 11.3 Å². The molecule has 0 atom stereocenters. The molecule has 3 aromatic rings. The summed E-state index contributed by atoms with van der Waals surface area (Å²) in [6.07, 6.45) is 2.02. The lowest BCUT2D eigenvalue weighted by Gasteiger charge is -2.10. The number of hydrogen-bond acceptors (Lipinski definition) is 4. The largest absolute Gasteiger partial charge is 0.496 e. The van der Waals surface area contributed by atoms with Crippen LogP contribution in [0.4, 0.5) is 0 Å². The summed E-state index contributed by atoms with van der Waals surface area (Å²) in [5.74, 6) is 0.535. The highest BCUT2D eigenvalue weighted by Gasteiger charge is 2.08. The first kappa shape index (κ1) is 19.6. The quantitative estimate of drug-likeness (QED) is 0.665. The predicted molar refractivity (Wildman–Crippen MR) is 109 cm³/mol. The molecule has 28 heavy (non-hydrogen) atoms. The third-order valence-electron chi connectivity index (χ3n) is 4.24. The summed E-state index contributed by atoms with van der Waals surface area (Å²) in [7, 11) is 1.62. The van der Waals surface area contributed by atoms with Crippen molar-refractivity contribution < 1.29 is 9.53 Å². The number of benzene rings is 2. The van der Waals surface area contributed by atoms with Gasteiger partial charge in [0.2, 0.25) is 5.91 Å². The Morgan fingerprint density at radius 2 is 1.93 bits per heavy atom. The van der Waals surface area contributed by atoms with Gasteiger partial charge in [-0.3, -0.25) is 14.2 Å². The molecule has 0 saturated carbocycles. The van der Waals surface area contributed by atoms with Gasteiger partial charge in [-0.25, -0.2) is 4.98 Å². The molecule has 0 aliphatic rings. The highest BCUT2D eigenvalue weighted by Crippen LogP contribution is 2.18. The molecule has 2 aromatic carbocycles. The summed E-state index contributed by atoms with van der Waals surface area (Å²) in [5.41, 5.74) is 2.04. The van der Waals surface area contributed by atoms with Gasteiger partial charge in [0.25, 0.3) is 5.56 Å². The number of carbonyl (C=O) groups is 1. The molecule has 0 aliphatic carbocycles. The maximum Gasteiger partial charge on any atom is 0.254 e. The number of carbonyl (C=O) groups excluding carboxylic acids is 1. The molecule has 1 heterocycles. The average molecular weight is 398 g/mol. The number of amides is 1. The van der Waals surface area contributed by atoms with Crippen molar-refractivity contribution in [3.63, 3.8) is 0 Å². The van der Waals surface area contributed by atoms with Crippen molar-refractivity contribution in [3.8, 4) is 17.0 Å². The smallest absolute Gasteiger partial charge is 0.254 e. The SMILES string of the molecule is COc1ccccc1CCNC(=O)Cn1cnc(-c2ccc(Cl)cc2)cc1=O. The van der Waals surface area contributed by atoms with E-state index in [1.165, 1.54) is 17.0 Å². The standard InChI is InChI=1S/C21H20ClN3O3/c1-28-19-5-3-2-4-16(19)10-11-23-20(26)13-25-14-24-18(12-21(25)27)15-6-8-17(22)9-7-15/h2-9,12,14H,10-11,13H2,1H3,(H,23,26). The van der Waals surface area contributed by atoms with E-state index in [0.717, 1.165) is 16.9 Å². The van der Waals surface area contributed by atoms with Crippen LogP contribution in [0, 0.1) is 0 Å². The van der Waals surface area contributed by atoms with E-state index in [4.69, 9.17) is 16.3 Å². The summed E-state index contributed by atoms with van der Waals surface area (Å²) in [4.78, 5) is 28.7. The number of hydrogen-bond donors (Lipinski definition) is 1. The van der Waals surface area contributed by atoms with E-state index in [2.05, 4.69) is 10.3 Å². The lowest BCUT2D eigenvalue weighted by molar-refractivity contribution is -0.121. The number of nitrogens with zero attached hydrogens (tertiary/aromatic N) is 2. The molecule has 144 valence electrons. The molecule has 0 radical (unpaired) electrons. The molecule has 1 N–H and O–H groups in total. The molecular weight excluding hydrogens is 378 g/mol. The van der Waals surface area contributed by atoms with Gasteiger partial charge in [-0.15, -0.1) is 0 Å². The van der Waals surface area contributed by atoms with Crippen molar-refractivity contribution in [2.75, 3.05) is 13.7 Å². The van der Waals surface area contributed by atoms with Crippen LogP contribution in [0.2, 0.25) is 5.02 Å². The van der Waals surface area contributed by atoms with Gasteiger partial charge >= 0.3 is 0 Å². The molecule has 1 aromatic heterocycles. The number of aromatic nitrogens is 2. The summed E-state index contributed by atoms with van der Waals surface area (Å²) in [6.45, 7) is 0.364. The average Bonchev–Trinajstić information content (AvgIpc) is 2.70. The Hall–Kier alpha value is -3.12. The summed E-state index contributed by atoms with van der Waals surface area (Å²) in [6, 6.07) is 16.1. The van der Waals surface area contributed by atoms with Crippen LogP contribution in [-0.2, 0) is 17.8 Å². The molecule has 3 rings (SSSR count). The predicted octanol–water partition coefficient (Wildman–Crippen LogP) is 2.93. The Balaban J connectivity index is 1.58. The number of para-hydroxylation sites is 1. The Bertz CT molecular complexity index is 1020. The summed E-state index contributed by atoms with van der Waals surface area (Å²) >= 11 is 5.87. The molecule has 7 heteroatoms. The molecule has 6 nitrogen and oxygen atoms in total. The van der Waals surface area contributed by atoms with Crippen LogP contribution in [0.3, 0.4) is 0 Å². The van der Waals surface area contributed by atoms with Crippen molar-refractivity contribution in [1.82, 2.24) is 14.9 Å². The van der Waals surface area contributed by atoms with Gasteiger partial charge in [0, 0.05) is 23.2 Å². The molecule has 0 saturated heterocycles. The lowest BCUT2D eigenvalue weighted by atomic mass is 10.1. The third kappa shape index (κ3) is 4.98. The lowest BCUT2D eigenvalue weighted by Crippen LogP contribution is -2.33. The second-order valence-corrected chi connectivity index (χ2v) is 6.60. The van der Waals surface area contributed by atoms with E-state index >= 15 is 0 Å². The first-order chi connectivity index (χ1) is 13.6. The zero-order valence-electron chi connectivity index (χ0n) is 15.4. The number of methoxy groups -OCH3 is 1. The zero-order valence-corrected chi connectivity index (χ0v) is 16.1. The minimum Gasteiger partial charge on any atom is -0.496 e. The number of halogens is 1. The Labute approximate surface area is 167 Å². The van der Waals surface area contributed by atoms with Crippen LogP contribution in [0.5, 0.6) is 5.75 Å². The minimum absolute atomic E-state index is 0.0847. The van der Waals surface area contributed by atoms with Crippen LogP contribution in [0.1, 0.15) is 5.56 Å². The third-order valence-corrected chi connectivity index (χ3v) is 4.49. The van der Waals surface area contributed by atoms with E-state index in [-0.39, 0.29) is 18.0 Å². The molecule has 0 unspecified atom stereocenters. The molecular formula is C21H20ClN3O3. The fourth-order valence-electron chi connectivity index (χ4n) is 2.78. The molecule has 1 amide bonds. The fraction of sp³-hybridized carbons (Fsp3) is 0.190. The van der Waals surface area contributed by atoms with Crippen LogP contribution in [-0.4, -0.2) is 29.1 Å². The fourth-order valence-corrected chi connectivity index (χ4v) is 2.91. The second kappa shape index (κ2) is 9.19.